The molecule has 1 fully saturated rings. The molecule has 9 heteroatoms. The van der Waals surface area contributed by atoms with E-state index < -0.39 is 10.8 Å². The molecule has 9 nitrogen and oxygen atoms in total. The topological polar surface area (TPSA) is 109 Å². The molecule has 3 heterocycles. The standard InChI is InChI=1S/C21H25N3O6/c1-29-18-6-3-13(8-19(18)30-2)9-20(25)22-10-14-7-15(12-22)16-4-5-17(24(27)28)21(26)23(16)11-14/h3-6,8,14-15,24,27H,7,9-12H2,1-2H3. The number of hydrogen-bond donors (Lipinski definition) is 2. The van der Waals surface area contributed by atoms with Crippen molar-refractivity contribution in [2.75, 3.05) is 27.3 Å². The van der Waals surface area contributed by atoms with Crippen LogP contribution in [0.1, 0.15) is 23.6 Å². The predicted molar refractivity (Wildman–Crippen MR) is 107 cm³/mol. The van der Waals surface area contributed by atoms with Crippen LogP contribution >= 0.6 is 0 Å². The third-order valence-electron chi connectivity index (χ3n) is 5.99. The lowest BCUT2D eigenvalue weighted by Gasteiger charge is -2.43. The SMILES string of the molecule is COc1ccc(CC(=O)N2CC3CC(C2)c2ccc([NH+]([O-])O)c(=O)n2C3)cc1OC. The summed E-state index contributed by atoms with van der Waals surface area (Å²) in [4.78, 5) is 27.4. The van der Waals surface area contributed by atoms with E-state index in [1.165, 1.54) is 6.07 Å². The van der Waals surface area contributed by atoms with Crippen molar-refractivity contribution in [3.05, 3.63) is 57.2 Å². The monoisotopic (exact) mass is 415 g/mol. The second-order valence-electron chi connectivity index (χ2n) is 7.86. The zero-order valence-corrected chi connectivity index (χ0v) is 17.0. The van der Waals surface area contributed by atoms with Gasteiger partial charge in [-0.25, -0.2) is 5.21 Å². The van der Waals surface area contributed by atoms with Gasteiger partial charge in [0.15, 0.2) is 11.5 Å². The number of quaternary nitrogens is 1. The molecule has 30 heavy (non-hydrogen) atoms. The molecule has 0 spiro atoms. The van der Waals surface area contributed by atoms with Crippen LogP contribution in [0.3, 0.4) is 0 Å². The molecule has 4 rings (SSSR count). The summed E-state index contributed by atoms with van der Waals surface area (Å²) in [6.45, 7) is 1.52. The van der Waals surface area contributed by atoms with Crippen LogP contribution in [0.25, 0.3) is 0 Å². The molecule has 2 bridgehead atoms. The Morgan fingerprint density at radius 3 is 2.63 bits per heavy atom. The lowest BCUT2D eigenvalue weighted by molar-refractivity contribution is -0.992. The maximum Gasteiger partial charge on any atom is 0.315 e. The number of nitrogens with one attached hydrogen (secondary N) is 1. The zero-order valence-electron chi connectivity index (χ0n) is 17.0. The maximum absolute atomic E-state index is 13.0. The summed E-state index contributed by atoms with van der Waals surface area (Å²) in [5.41, 5.74) is 0.987. The van der Waals surface area contributed by atoms with Gasteiger partial charge in [0.25, 0.3) is 0 Å². The molecule has 0 saturated carbocycles. The summed E-state index contributed by atoms with van der Waals surface area (Å²) in [6, 6.07) is 8.54. The van der Waals surface area contributed by atoms with Gasteiger partial charge in [-0.2, -0.15) is 5.23 Å². The molecule has 1 saturated heterocycles. The first kappa shape index (κ1) is 20.4. The van der Waals surface area contributed by atoms with Crippen LogP contribution in [0.2, 0.25) is 0 Å². The molecule has 2 N–H and O–H groups in total. The second-order valence-corrected chi connectivity index (χ2v) is 7.86. The molecule has 2 aliphatic heterocycles. The van der Waals surface area contributed by atoms with Crippen LogP contribution in [-0.4, -0.2) is 47.9 Å². The van der Waals surface area contributed by atoms with Crippen molar-refractivity contribution >= 4 is 11.6 Å². The van der Waals surface area contributed by atoms with Gasteiger partial charge in [0.2, 0.25) is 11.6 Å². The van der Waals surface area contributed by atoms with Crippen molar-refractivity contribution in [2.45, 2.75) is 25.3 Å². The number of hydrogen-bond acceptors (Lipinski definition) is 6. The van der Waals surface area contributed by atoms with Gasteiger partial charge in [0, 0.05) is 37.3 Å². The van der Waals surface area contributed by atoms with E-state index in [-0.39, 0.29) is 29.9 Å². The van der Waals surface area contributed by atoms with Gasteiger partial charge in [-0.15, -0.1) is 0 Å². The molecule has 2 aliphatic rings. The Bertz CT molecular complexity index is 1020. The number of carbonyl (C=O) groups is 1. The van der Waals surface area contributed by atoms with Crippen LogP contribution in [-0.2, 0) is 17.8 Å². The lowest BCUT2D eigenvalue weighted by Crippen LogP contribution is -3.00. The van der Waals surface area contributed by atoms with Gasteiger partial charge in [-0.3, -0.25) is 9.59 Å². The molecular formula is C21H25N3O6. The summed E-state index contributed by atoms with van der Waals surface area (Å²) >= 11 is 0. The highest BCUT2D eigenvalue weighted by molar-refractivity contribution is 5.79. The molecular weight excluding hydrogens is 390 g/mol. The molecule has 1 aromatic heterocycles. The molecule has 1 aromatic carbocycles. The van der Waals surface area contributed by atoms with Crippen LogP contribution < -0.4 is 20.3 Å². The van der Waals surface area contributed by atoms with Gasteiger partial charge in [0.1, 0.15) is 0 Å². The first-order valence-corrected chi connectivity index (χ1v) is 9.87. The number of methoxy groups -OCH3 is 2. The number of piperidine rings is 1. The van der Waals surface area contributed by atoms with E-state index in [1.807, 2.05) is 17.0 Å². The minimum Gasteiger partial charge on any atom is -0.595 e. The van der Waals surface area contributed by atoms with E-state index >= 15 is 0 Å². The highest BCUT2D eigenvalue weighted by Crippen LogP contribution is 2.35. The fourth-order valence-corrected chi connectivity index (χ4v) is 4.59. The number of fused-ring (bicyclic) bond motifs is 4. The number of amides is 1. The van der Waals surface area contributed by atoms with Gasteiger partial charge >= 0.3 is 5.56 Å². The van der Waals surface area contributed by atoms with Crippen LogP contribution in [0.15, 0.2) is 35.1 Å². The average Bonchev–Trinajstić information content (AvgIpc) is 2.74. The van der Waals surface area contributed by atoms with E-state index in [2.05, 4.69) is 0 Å². The first-order chi connectivity index (χ1) is 14.4. The Balaban J connectivity index is 1.52. The van der Waals surface area contributed by atoms with Crippen molar-refractivity contribution in [3.8, 4) is 11.5 Å². The van der Waals surface area contributed by atoms with Crippen molar-refractivity contribution in [3.63, 3.8) is 0 Å². The minimum absolute atomic E-state index is 0.0230. The third-order valence-corrected chi connectivity index (χ3v) is 5.99. The predicted octanol–water partition coefficient (Wildman–Crippen LogP) is 0.457. The number of carbonyl (C=O) groups excluding carboxylic acids is 1. The number of ether oxygens (including phenoxy) is 2. The van der Waals surface area contributed by atoms with Crippen LogP contribution in [0.4, 0.5) is 5.69 Å². The Morgan fingerprint density at radius 2 is 1.93 bits per heavy atom. The Morgan fingerprint density at radius 1 is 1.17 bits per heavy atom. The van der Waals surface area contributed by atoms with Crippen molar-refractivity contribution < 1.29 is 24.7 Å². The lowest BCUT2D eigenvalue weighted by atomic mass is 9.83. The van der Waals surface area contributed by atoms with Gasteiger partial charge in [-0.1, -0.05) is 6.07 Å². The first-order valence-electron chi connectivity index (χ1n) is 9.87. The van der Waals surface area contributed by atoms with Crippen molar-refractivity contribution in [2.24, 2.45) is 5.92 Å². The number of pyridine rings is 1. The van der Waals surface area contributed by atoms with E-state index in [9.17, 15) is 20.0 Å². The number of aromatic nitrogens is 1. The molecule has 160 valence electrons. The number of rotatable bonds is 5. The molecule has 3 unspecified atom stereocenters. The highest BCUT2D eigenvalue weighted by Gasteiger charge is 2.37. The Kier molecular flexibility index (Phi) is 5.50. The summed E-state index contributed by atoms with van der Waals surface area (Å²) in [5.74, 6) is 1.38. The largest absolute Gasteiger partial charge is 0.595 e. The fourth-order valence-electron chi connectivity index (χ4n) is 4.59. The maximum atomic E-state index is 13.0. The average molecular weight is 415 g/mol. The third kappa shape index (κ3) is 3.67. The van der Waals surface area contributed by atoms with E-state index in [0.29, 0.717) is 31.1 Å². The zero-order chi connectivity index (χ0) is 21.4. The minimum atomic E-state index is -1.21. The summed E-state index contributed by atoms with van der Waals surface area (Å²) in [5, 5.41) is 19.3. The summed E-state index contributed by atoms with van der Waals surface area (Å²) < 4.78 is 12.1. The van der Waals surface area contributed by atoms with Gasteiger partial charge in [-0.05, 0) is 36.1 Å². The Hall–Kier alpha value is -2.88. The fraction of sp³-hybridized carbons (Fsp3) is 0.429. The van der Waals surface area contributed by atoms with Crippen LogP contribution in [0, 0.1) is 11.1 Å². The molecule has 1 amide bonds. The summed E-state index contributed by atoms with van der Waals surface area (Å²) in [6.07, 6.45) is 1.15. The molecule has 0 aliphatic carbocycles. The molecule has 3 atom stereocenters. The number of likely N-dealkylation sites (tertiary alicyclic amines) is 1. The summed E-state index contributed by atoms with van der Waals surface area (Å²) in [7, 11) is 3.13. The normalized spacial score (nSPS) is 21.0. The molecule has 0 radical (unpaired) electrons. The van der Waals surface area contributed by atoms with Crippen LogP contribution in [0.5, 0.6) is 11.5 Å². The van der Waals surface area contributed by atoms with Crippen molar-refractivity contribution in [1.29, 1.82) is 0 Å². The second kappa shape index (κ2) is 8.10. The molecule has 2 aromatic rings. The highest BCUT2D eigenvalue weighted by atomic mass is 16.8. The number of benzene rings is 1. The van der Waals surface area contributed by atoms with E-state index in [0.717, 1.165) is 17.7 Å². The van der Waals surface area contributed by atoms with Crippen molar-refractivity contribution in [1.82, 2.24) is 9.47 Å². The quantitative estimate of drug-likeness (QED) is 0.687. The number of nitrogens with zero attached hydrogens (tertiary/aromatic N) is 2. The van der Waals surface area contributed by atoms with E-state index in [1.54, 1.807) is 30.9 Å². The van der Waals surface area contributed by atoms with E-state index in [4.69, 9.17) is 9.47 Å². The van der Waals surface area contributed by atoms with Gasteiger partial charge < -0.3 is 24.1 Å². The van der Waals surface area contributed by atoms with Gasteiger partial charge in [0.05, 0.1) is 20.6 Å². The smallest absolute Gasteiger partial charge is 0.315 e. The Labute approximate surface area is 173 Å².